The molecule has 0 radical (unpaired) electrons. The fraction of sp³-hybridized carbons (Fsp3) is 0.562. The zero-order valence-electron chi connectivity index (χ0n) is 13.5. The molecule has 2 rings (SSSR count). The van der Waals surface area contributed by atoms with Crippen molar-refractivity contribution in [2.75, 3.05) is 59.6 Å². The lowest BCUT2D eigenvalue weighted by Crippen LogP contribution is -2.46. The van der Waals surface area contributed by atoms with Gasteiger partial charge in [-0.05, 0) is 18.2 Å². The molecule has 23 heavy (non-hydrogen) atoms. The zero-order valence-corrected chi connectivity index (χ0v) is 14.4. The Hall–Kier alpha value is -1.34. The maximum absolute atomic E-state index is 12.1. The molecule has 0 atom stereocenters. The van der Waals surface area contributed by atoms with E-state index in [-0.39, 0.29) is 18.3 Å². The number of piperazine rings is 1. The van der Waals surface area contributed by atoms with Crippen LogP contribution in [0.2, 0.25) is 0 Å². The van der Waals surface area contributed by atoms with E-state index in [4.69, 9.17) is 9.47 Å². The molecule has 1 saturated heterocycles. The van der Waals surface area contributed by atoms with E-state index in [1.54, 1.807) is 19.2 Å². The number of ether oxygens (including phenoxy) is 2. The summed E-state index contributed by atoms with van der Waals surface area (Å²) in [6.45, 7) is 6.68. The van der Waals surface area contributed by atoms with E-state index in [1.165, 1.54) is 0 Å². The number of hydrogen-bond donors (Lipinski definition) is 2. The smallest absolute Gasteiger partial charge is 0.251 e. The Balaban J connectivity index is 0.00000264. The van der Waals surface area contributed by atoms with Crippen LogP contribution in [0.5, 0.6) is 5.75 Å². The Kier molecular flexibility index (Phi) is 9.63. The van der Waals surface area contributed by atoms with Gasteiger partial charge in [-0.3, -0.25) is 9.69 Å². The van der Waals surface area contributed by atoms with Crippen molar-refractivity contribution < 1.29 is 14.3 Å². The van der Waals surface area contributed by atoms with Crippen molar-refractivity contribution in [2.24, 2.45) is 0 Å². The van der Waals surface area contributed by atoms with E-state index in [1.807, 2.05) is 12.1 Å². The topological polar surface area (TPSA) is 62.8 Å². The van der Waals surface area contributed by atoms with Crippen molar-refractivity contribution in [2.45, 2.75) is 0 Å². The van der Waals surface area contributed by atoms with Crippen molar-refractivity contribution in [1.82, 2.24) is 15.5 Å². The molecule has 1 aliphatic rings. The molecule has 1 fully saturated rings. The molecular weight excluding hydrogens is 318 g/mol. The van der Waals surface area contributed by atoms with E-state index >= 15 is 0 Å². The highest BCUT2D eigenvalue weighted by atomic mass is 35.5. The number of nitrogens with one attached hydrogen (secondary N) is 2. The van der Waals surface area contributed by atoms with Crippen LogP contribution < -0.4 is 15.4 Å². The Labute approximate surface area is 143 Å². The highest BCUT2D eigenvalue weighted by molar-refractivity contribution is 5.94. The molecule has 1 aromatic rings. The number of hydrogen-bond acceptors (Lipinski definition) is 5. The number of amides is 1. The van der Waals surface area contributed by atoms with Crippen molar-refractivity contribution in [3.8, 4) is 5.75 Å². The van der Waals surface area contributed by atoms with Crippen LogP contribution in [0.3, 0.4) is 0 Å². The second kappa shape index (κ2) is 11.2. The number of nitrogens with zero attached hydrogens (tertiary/aromatic N) is 1. The van der Waals surface area contributed by atoms with Crippen LogP contribution >= 0.6 is 12.4 Å². The van der Waals surface area contributed by atoms with E-state index in [0.717, 1.165) is 32.7 Å². The molecule has 0 bridgehead atoms. The normalized spacial score (nSPS) is 14.8. The molecular formula is C16H26ClN3O3. The molecule has 130 valence electrons. The van der Waals surface area contributed by atoms with Crippen molar-refractivity contribution in [3.05, 3.63) is 29.8 Å². The van der Waals surface area contributed by atoms with Gasteiger partial charge in [0.1, 0.15) is 12.4 Å². The summed E-state index contributed by atoms with van der Waals surface area (Å²) in [4.78, 5) is 14.5. The Bertz CT molecular complexity index is 468. The van der Waals surface area contributed by atoms with Gasteiger partial charge in [-0.1, -0.05) is 6.07 Å². The highest BCUT2D eigenvalue weighted by Crippen LogP contribution is 2.13. The summed E-state index contributed by atoms with van der Waals surface area (Å²) in [6, 6.07) is 7.22. The number of benzene rings is 1. The summed E-state index contributed by atoms with van der Waals surface area (Å²) >= 11 is 0. The predicted octanol–water partition coefficient (Wildman–Crippen LogP) is 0.769. The quantitative estimate of drug-likeness (QED) is 0.683. The Morgan fingerprint density at radius 1 is 1.30 bits per heavy atom. The minimum absolute atomic E-state index is 0. The van der Waals surface area contributed by atoms with Crippen LogP contribution in [0, 0.1) is 0 Å². The van der Waals surface area contributed by atoms with Crippen LogP contribution in [0.15, 0.2) is 24.3 Å². The lowest BCUT2D eigenvalue weighted by Gasteiger charge is -2.27. The van der Waals surface area contributed by atoms with Crippen molar-refractivity contribution in [3.63, 3.8) is 0 Å². The molecule has 1 amide bonds. The maximum Gasteiger partial charge on any atom is 0.251 e. The van der Waals surface area contributed by atoms with Crippen LogP contribution in [0.25, 0.3) is 0 Å². The van der Waals surface area contributed by atoms with Gasteiger partial charge >= 0.3 is 0 Å². The summed E-state index contributed by atoms with van der Waals surface area (Å²) in [5.74, 6) is 0.624. The maximum atomic E-state index is 12.1. The third-order valence-corrected chi connectivity index (χ3v) is 3.58. The standard InChI is InChI=1S/C16H25N3O3.ClH/c1-21-11-12-22-15-4-2-3-14(13-15)16(20)18-7-10-19-8-5-17-6-9-19;/h2-4,13,17H,5-12H2,1H3,(H,18,20);1H. The summed E-state index contributed by atoms with van der Waals surface area (Å²) in [7, 11) is 1.63. The Morgan fingerprint density at radius 3 is 2.83 bits per heavy atom. The van der Waals surface area contributed by atoms with Gasteiger partial charge in [0.15, 0.2) is 0 Å². The first kappa shape index (κ1) is 19.7. The predicted molar refractivity (Wildman–Crippen MR) is 92.7 cm³/mol. The lowest BCUT2D eigenvalue weighted by molar-refractivity contribution is 0.0946. The zero-order chi connectivity index (χ0) is 15.6. The molecule has 6 nitrogen and oxygen atoms in total. The summed E-state index contributed by atoms with van der Waals surface area (Å²) < 4.78 is 10.5. The van der Waals surface area contributed by atoms with Crippen LogP contribution in [0.1, 0.15) is 10.4 Å². The van der Waals surface area contributed by atoms with Gasteiger partial charge in [0.25, 0.3) is 5.91 Å². The molecule has 0 aliphatic carbocycles. The molecule has 0 unspecified atom stereocenters. The molecule has 0 aromatic heterocycles. The van der Waals surface area contributed by atoms with Gasteiger partial charge in [-0.2, -0.15) is 0 Å². The monoisotopic (exact) mass is 343 g/mol. The van der Waals surface area contributed by atoms with Crippen LogP contribution in [-0.2, 0) is 4.74 Å². The van der Waals surface area contributed by atoms with E-state index in [2.05, 4.69) is 15.5 Å². The molecule has 0 saturated carbocycles. The van der Waals surface area contributed by atoms with E-state index < -0.39 is 0 Å². The van der Waals surface area contributed by atoms with Gasteiger partial charge < -0.3 is 20.1 Å². The second-order valence-electron chi connectivity index (χ2n) is 5.22. The van der Waals surface area contributed by atoms with Crippen molar-refractivity contribution in [1.29, 1.82) is 0 Å². The van der Waals surface area contributed by atoms with Gasteiger partial charge in [0.2, 0.25) is 0 Å². The number of carbonyl (C=O) groups is 1. The lowest BCUT2D eigenvalue weighted by atomic mass is 10.2. The van der Waals surface area contributed by atoms with Gasteiger partial charge in [-0.25, -0.2) is 0 Å². The van der Waals surface area contributed by atoms with Crippen molar-refractivity contribution >= 4 is 18.3 Å². The summed E-state index contributed by atoms with van der Waals surface area (Å²) in [5, 5.41) is 6.27. The first-order valence-electron chi connectivity index (χ1n) is 7.72. The van der Waals surface area contributed by atoms with E-state index in [0.29, 0.717) is 31.1 Å². The summed E-state index contributed by atoms with van der Waals surface area (Å²) in [6.07, 6.45) is 0. The largest absolute Gasteiger partial charge is 0.491 e. The second-order valence-corrected chi connectivity index (χ2v) is 5.22. The van der Waals surface area contributed by atoms with Gasteiger partial charge in [0, 0.05) is 51.9 Å². The van der Waals surface area contributed by atoms with Gasteiger partial charge in [-0.15, -0.1) is 12.4 Å². The molecule has 1 heterocycles. The van der Waals surface area contributed by atoms with E-state index in [9.17, 15) is 4.79 Å². The number of rotatable bonds is 8. The van der Waals surface area contributed by atoms with Crippen LogP contribution in [-0.4, -0.2) is 70.4 Å². The average Bonchev–Trinajstić information content (AvgIpc) is 2.56. The SMILES string of the molecule is COCCOc1cccc(C(=O)NCCN2CCNCC2)c1.Cl. The first-order valence-corrected chi connectivity index (χ1v) is 7.72. The number of halogens is 1. The van der Waals surface area contributed by atoms with Crippen LogP contribution in [0.4, 0.5) is 0 Å². The Morgan fingerprint density at radius 2 is 2.09 bits per heavy atom. The fourth-order valence-corrected chi connectivity index (χ4v) is 2.33. The van der Waals surface area contributed by atoms with Gasteiger partial charge in [0.05, 0.1) is 6.61 Å². The molecule has 0 spiro atoms. The third-order valence-electron chi connectivity index (χ3n) is 3.58. The molecule has 1 aliphatic heterocycles. The highest BCUT2D eigenvalue weighted by Gasteiger charge is 2.10. The first-order chi connectivity index (χ1) is 10.8. The minimum atomic E-state index is -0.0627. The average molecular weight is 344 g/mol. The molecule has 1 aromatic carbocycles. The minimum Gasteiger partial charge on any atom is -0.491 e. The number of carbonyl (C=O) groups excluding carboxylic acids is 1. The fourth-order valence-electron chi connectivity index (χ4n) is 2.33. The third kappa shape index (κ3) is 7.18. The summed E-state index contributed by atoms with van der Waals surface area (Å²) in [5.41, 5.74) is 0.621. The molecule has 2 N–H and O–H groups in total. The number of methoxy groups -OCH3 is 1. The molecule has 7 heteroatoms.